The van der Waals surface area contributed by atoms with Crippen LogP contribution in [0.2, 0.25) is 0 Å². The summed E-state index contributed by atoms with van der Waals surface area (Å²) in [5.74, 6) is -0.160. The molecule has 0 radical (unpaired) electrons. The fourth-order valence-electron chi connectivity index (χ4n) is 3.90. The summed E-state index contributed by atoms with van der Waals surface area (Å²) in [7, 11) is 0. The van der Waals surface area contributed by atoms with E-state index < -0.39 is 17.6 Å². The topological polar surface area (TPSA) is 75.4 Å². The molecule has 4 rings (SSSR count). The Labute approximate surface area is 200 Å². The number of halogens is 3. The van der Waals surface area contributed by atoms with Crippen molar-refractivity contribution in [1.29, 1.82) is 0 Å². The molecule has 7 nitrogen and oxygen atoms in total. The van der Waals surface area contributed by atoms with Crippen LogP contribution in [0.4, 0.5) is 24.7 Å². The largest absolute Gasteiger partial charge is 0.417 e. The zero-order valence-corrected chi connectivity index (χ0v) is 19.4. The van der Waals surface area contributed by atoms with E-state index in [1.54, 1.807) is 12.3 Å². The number of aromatic nitrogens is 4. The number of alkyl halides is 3. The van der Waals surface area contributed by atoms with Crippen LogP contribution in [0.25, 0.3) is 16.9 Å². The summed E-state index contributed by atoms with van der Waals surface area (Å²) in [6.07, 6.45) is 0.390. The fourth-order valence-corrected chi connectivity index (χ4v) is 3.90. The number of fused-ring (bicyclic) bond motifs is 1. The number of carbonyl (C=O) groups is 1. The first-order valence-electron chi connectivity index (χ1n) is 11.4. The lowest BCUT2D eigenvalue weighted by atomic mass is 10.0. The Balaban J connectivity index is 1.65. The number of hydrogen-bond acceptors (Lipinski definition) is 5. The first-order valence-corrected chi connectivity index (χ1v) is 11.4. The van der Waals surface area contributed by atoms with Gasteiger partial charge in [-0.25, -0.2) is 14.5 Å². The molecule has 0 aliphatic carbocycles. The van der Waals surface area contributed by atoms with Gasteiger partial charge in [0.1, 0.15) is 5.82 Å². The zero-order chi connectivity index (χ0) is 25.0. The number of nitrogens with one attached hydrogen (secondary N) is 1. The summed E-state index contributed by atoms with van der Waals surface area (Å²) in [6, 6.07) is 11.9. The Morgan fingerprint density at radius 2 is 1.77 bits per heavy atom. The van der Waals surface area contributed by atoms with Gasteiger partial charge in [0.15, 0.2) is 11.3 Å². The third kappa shape index (κ3) is 5.26. The summed E-state index contributed by atoms with van der Waals surface area (Å²) in [5, 5.41) is 7.05. The van der Waals surface area contributed by atoms with Gasteiger partial charge < -0.3 is 10.2 Å². The molecule has 0 spiro atoms. The number of pyridine rings is 1. The van der Waals surface area contributed by atoms with E-state index in [1.807, 2.05) is 6.07 Å². The predicted molar refractivity (Wildman–Crippen MR) is 128 cm³/mol. The maximum absolute atomic E-state index is 13.5. The predicted octanol–water partition coefficient (Wildman–Crippen LogP) is 5.69. The Kier molecular flexibility index (Phi) is 6.99. The van der Waals surface area contributed by atoms with Gasteiger partial charge in [0.2, 0.25) is 0 Å². The molecule has 0 saturated carbocycles. The second-order valence-corrected chi connectivity index (χ2v) is 8.02. The highest BCUT2D eigenvalue weighted by molar-refractivity contribution is 6.03. The highest BCUT2D eigenvalue weighted by atomic mass is 19.4. The van der Waals surface area contributed by atoms with Gasteiger partial charge in [0, 0.05) is 36.6 Å². The van der Waals surface area contributed by atoms with E-state index in [0.29, 0.717) is 11.5 Å². The number of nitrogens with zero attached hydrogens (tertiary/aromatic N) is 5. The lowest BCUT2D eigenvalue weighted by Crippen LogP contribution is -2.25. The van der Waals surface area contributed by atoms with E-state index in [1.165, 1.54) is 41.0 Å². The van der Waals surface area contributed by atoms with Gasteiger partial charge in [-0.15, -0.1) is 0 Å². The van der Waals surface area contributed by atoms with Crippen LogP contribution in [0.5, 0.6) is 0 Å². The number of carbonyl (C=O) groups excluding carboxylic acids is 1. The van der Waals surface area contributed by atoms with Crippen molar-refractivity contribution >= 4 is 23.1 Å². The van der Waals surface area contributed by atoms with E-state index in [-0.39, 0.29) is 17.0 Å². The van der Waals surface area contributed by atoms with Gasteiger partial charge in [-0.1, -0.05) is 32.0 Å². The summed E-state index contributed by atoms with van der Waals surface area (Å²) in [5.41, 5.74) is 0.555. The van der Waals surface area contributed by atoms with Gasteiger partial charge in [-0.3, -0.25) is 4.79 Å². The molecule has 1 aromatic carbocycles. The summed E-state index contributed by atoms with van der Waals surface area (Å²) < 4.78 is 41.7. The van der Waals surface area contributed by atoms with Crippen molar-refractivity contribution in [2.75, 3.05) is 23.3 Å². The van der Waals surface area contributed by atoms with Gasteiger partial charge in [-0.05, 0) is 37.1 Å². The third-order valence-corrected chi connectivity index (χ3v) is 5.44. The van der Waals surface area contributed by atoms with E-state index in [9.17, 15) is 18.0 Å². The van der Waals surface area contributed by atoms with Crippen molar-refractivity contribution in [3.05, 3.63) is 72.2 Å². The van der Waals surface area contributed by atoms with Gasteiger partial charge in [0.25, 0.3) is 5.91 Å². The molecule has 0 fully saturated rings. The van der Waals surface area contributed by atoms with Crippen molar-refractivity contribution in [1.82, 2.24) is 19.6 Å². The van der Waals surface area contributed by atoms with Gasteiger partial charge in [-0.2, -0.15) is 18.3 Å². The van der Waals surface area contributed by atoms with E-state index in [2.05, 4.69) is 39.1 Å². The Morgan fingerprint density at radius 3 is 2.49 bits per heavy atom. The summed E-state index contributed by atoms with van der Waals surface area (Å²) in [6.45, 7) is 5.96. The third-order valence-electron chi connectivity index (χ3n) is 5.44. The normalized spacial score (nSPS) is 11.6. The van der Waals surface area contributed by atoms with E-state index >= 15 is 0 Å². The summed E-state index contributed by atoms with van der Waals surface area (Å²) in [4.78, 5) is 23.7. The number of benzene rings is 1. The zero-order valence-electron chi connectivity index (χ0n) is 19.4. The molecule has 4 aromatic rings. The maximum atomic E-state index is 13.5. The number of amides is 1. The van der Waals surface area contributed by atoms with Crippen molar-refractivity contribution in [2.45, 2.75) is 32.9 Å². The Morgan fingerprint density at radius 1 is 1.03 bits per heavy atom. The second kappa shape index (κ2) is 10.1. The van der Waals surface area contributed by atoms with Gasteiger partial charge >= 0.3 is 6.18 Å². The minimum absolute atomic E-state index is 0.0763. The smallest absolute Gasteiger partial charge is 0.371 e. The monoisotopic (exact) mass is 482 g/mol. The highest BCUT2D eigenvalue weighted by Gasteiger charge is 2.33. The molecule has 182 valence electrons. The van der Waals surface area contributed by atoms with Crippen molar-refractivity contribution in [3.8, 4) is 11.3 Å². The van der Waals surface area contributed by atoms with Crippen LogP contribution >= 0.6 is 0 Å². The molecule has 1 N–H and O–H groups in total. The highest BCUT2D eigenvalue weighted by Crippen LogP contribution is 2.36. The quantitative estimate of drug-likeness (QED) is 0.349. The molecule has 3 aromatic heterocycles. The first kappa shape index (κ1) is 24.2. The van der Waals surface area contributed by atoms with Crippen LogP contribution in [-0.4, -0.2) is 38.6 Å². The molecule has 0 atom stereocenters. The molecule has 10 heteroatoms. The molecular weight excluding hydrogens is 457 g/mol. The average molecular weight is 483 g/mol. The van der Waals surface area contributed by atoms with Crippen molar-refractivity contribution < 1.29 is 18.0 Å². The van der Waals surface area contributed by atoms with Gasteiger partial charge in [0.05, 0.1) is 17.5 Å². The standard InChI is InChI=1S/C25H25F3N6O/c1-3-13-33(14-4-2)17-11-12-29-22(15-17)31-24(35)21-16-30-23-10-9-20(32-34(21)23)18-7-5-6-8-19(18)25(26,27)28/h5-12,15-16H,3-4,13-14H2,1-2H3,(H,29,31,35). The molecule has 1 amide bonds. The molecular formula is C25H25F3N6O. The van der Waals surface area contributed by atoms with Crippen LogP contribution in [0.3, 0.4) is 0 Å². The van der Waals surface area contributed by atoms with Crippen LogP contribution in [0.15, 0.2) is 60.9 Å². The average Bonchev–Trinajstić information content (AvgIpc) is 3.27. The van der Waals surface area contributed by atoms with Crippen molar-refractivity contribution in [2.24, 2.45) is 0 Å². The van der Waals surface area contributed by atoms with E-state index in [0.717, 1.165) is 37.7 Å². The number of imidazole rings is 1. The molecule has 0 aliphatic heterocycles. The molecule has 0 aliphatic rings. The Bertz CT molecular complexity index is 1330. The van der Waals surface area contributed by atoms with Crippen LogP contribution in [-0.2, 0) is 6.18 Å². The first-order chi connectivity index (χ1) is 16.8. The number of hydrogen-bond donors (Lipinski definition) is 1. The van der Waals surface area contributed by atoms with Crippen LogP contribution in [0, 0.1) is 0 Å². The van der Waals surface area contributed by atoms with Crippen LogP contribution in [0.1, 0.15) is 42.7 Å². The fraction of sp³-hybridized carbons (Fsp3) is 0.280. The minimum Gasteiger partial charge on any atom is -0.371 e. The minimum atomic E-state index is -4.54. The number of anilines is 2. The lowest BCUT2D eigenvalue weighted by Gasteiger charge is -2.24. The molecule has 0 bridgehead atoms. The summed E-state index contributed by atoms with van der Waals surface area (Å²) >= 11 is 0. The lowest BCUT2D eigenvalue weighted by molar-refractivity contribution is -0.137. The molecule has 3 heterocycles. The van der Waals surface area contributed by atoms with Crippen LogP contribution < -0.4 is 10.2 Å². The van der Waals surface area contributed by atoms with E-state index in [4.69, 9.17) is 0 Å². The SMILES string of the molecule is CCCN(CCC)c1ccnc(NC(=O)c2cnc3ccc(-c4ccccc4C(F)(F)F)nn23)c1. The Hall–Kier alpha value is -3.95. The van der Waals surface area contributed by atoms with Crippen molar-refractivity contribution in [3.63, 3.8) is 0 Å². The molecule has 0 unspecified atom stereocenters. The second-order valence-electron chi connectivity index (χ2n) is 8.02. The molecule has 0 saturated heterocycles. The number of rotatable bonds is 8. The molecule has 35 heavy (non-hydrogen) atoms. The maximum Gasteiger partial charge on any atom is 0.417 e.